The van der Waals surface area contributed by atoms with Crippen molar-refractivity contribution in [3.63, 3.8) is 0 Å². The molecule has 5 aliphatic rings. The molecule has 0 spiro atoms. The van der Waals surface area contributed by atoms with Crippen LogP contribution in [0.3, 0.4) is 0 Å². The van der Waals surface area contributed by atoms with E-state index in [-0.39, 0.29) is 23.6 Å². The molecule has 0 radical (unpaired) electrons. The van der Waals surface area contributed by atoms with E-state index in [1.807, 2.05) is 18.2 Å². The van der Waals surface area contributed by atoms with Crippen LogP contribution < -0.4 is 0 Å². The second kappa shape index (κ2) is 9.16. The average Bonchev–Trinajstić information content (AvgIpc) is 3.59. The van der Waals surface area contributed by atoms with Gasteiger partial charge in [0, 0.05) is 67.8 Å². The van der Waals surface area contributed by atoms with Gasteiger partial charge in [-0.05, 0) is 49.7 Å². The number of fused-ring (bicyclic) bond motifs is 6. The predicted octanol–water partition coefficient (Wildman–Crippen LogP) is 4.14. The van der Waals surface area contributed by atoms with Gasteiger partial charge in [0.2, 0.25) is 0 Å². The highest BCUT2D eigenvalue weighted by Gasteiger charge is 2.50. The Morgan fingerprint density at radius 2 is 1.42 bits per heavy atom. The summed E-state index contributed by atoms with van der Waals surface area (Å²) in [6, 6.07) is 7.40. The van der Waals surface area contributed by atoms with E-state index in [0.29, 0.717) is 29.1 Å². The van der Waals surface area contributed by atoms with E-state index in [9.17, 15) is 24.4 Å². The number of hydrogen-bond donors (Lipinski definition) is 5. The molecule has 2 bridgehead atoms. The molecule has 5 atom stereocenters. The molecule has 206 valence electrons. The van der Waals surface area contributed by atoms with Crippen molar-refractivity contribution in [3.8, 4) is 11.8 Å². The van der Waals surface area contributed by atoms with E-state index in [1.54, 1.807) is 10.6 Å². The van der Waals surface area contributed by atoms with Crippen molar-refractivity contribution in [1.29, 1.82) is 0 Å². The van der Waals surface area contributed by atoms with Crippen LogP contribution in [0.4, 0.5) is 0 Å². The van der Waals surface area contributed by atoms with Gasteiger partial charge in [-0.25, -0.2) is 0 Å². The Bertz CT molecular complexity index is 1230. The topological polar surface area (TPSA) is 125 Å². The number of aliphatic hydroxyl groups excluding tert-OH is 1. The van der Waals surface area contributed by atoms with E-state index < -0.39 is 16.9 Å². The third-order valence-electron chi connectivity index (χ3n) is 9.92. The lowest BCUT2D eigenvalue weighted by molar-refractivity contribution is 0.107. The highest BCUT2D eigenvalue weighted by Crippen LogP contribution is 2.60. The lowest BCUT2D eigenvalue weighted by atomic mass is 9.78. The van der Waals surface area contributed by atoms with Crippen LogP contribution in [0.2, 0.25) is 0 Å². The van der Waals surface area contributed by atoms with Gasteiger partial charge in [-0.3, -0.25) is 18.6 Å². The molecular formula is C28H38N4O5S. The fourth-order valence-electron chi connectivity index (χ4n) is 7.96. The van der Waals surface area contributed by atoms with Crippen molar-refractivity contribution in [1.82, 2.24) is 14.4 Å². The summed E-state index contributed by atoms with van der Waals surface area (Å²) in [7, 11) is -3.11. The first-order valence-corrected chi connectivity index (χ1v) is 15.6. The molecule has 1 aromatic carbocycles. The number of piperazine rings is 1. The molecule has 2 aromatic rings. The van der Waals surface area contributed by atoms with Gasteiger partial charge >= 0.3 is 0 Å². The minimum absolute atomic E-state index is 0.0412. The zero-order chi connectivity index (χ0) is 26.2. The standard InChI is InChI=1S/C28H38N4O5S/c33-25-20-9-10-21(25)24-23(20)27(34)32(28(24)35)16-18-6-2-1-5-17(18)15-30-11-13-31(14-12-30)26-19-7-3-4-8-22(19)38(36,37)29-26/h3-4,7-8,17-18,20-21,25,33-37H,1-2,5-6,9-16H2/t17?,18?,20-,21+,25?. The number of aromatic hydroxyl groups is 2. The van der Waals surface area contributed by atoms with Gasteiger partial charge < -0.3 is 20.2 Å². The second-order valence-electron chi connectivity index (χ2n) is 11.9. The first-order valence-electron chi connectivity index (χ1n) is 14.1. The minimum atomic E-state index is -3.11. The molecule has 38 heavy (non-hydrogen) atoms. The summed E-state index contributed by atoms with van der Waals surface area (Å²) in [5.41, 5.74) is 2.41. The molecule has 0 amide bonds. The number of aliphatic hydroxyl groups is 1. The summed E-state index contributed by atoms with van der Waals surface area (Å²) in [6.45, 7) is 4.96. The van der Waals surface area contributed by atoms with Gasteiger partial charge in [-0.15, -0.1) is 4.40 Å². The summed E-state index contributed by atoms with van der Waals surface area (Å²) in [5, 5.41) is 32.7. The smallest absolute Gasteiger partial charge is 0.197 e. The van der Waals surface area contributed by atoms with Crippen LogP contribution in [0.25, 0.3) is 0 Å². The quantitative estimate of drug-likeness (QED) is 0.393. The van der Waals surface area contributed by atoms with E-state index in [1.165, 1.54) is 12.8 Å². The van der Waals surface area contributed by atoms with Crippen molar-refractivity contribution in [2.75, 3.05) is 32.7 Å². The highest BCUT2D eigenvalue weighted by atomic mass is 32.3. The maximum Gasteiger partial charge on any atom is 0.197 e. The molecule has 3 aliphatic carbocycles. The van der Waals surface area contributed by atoms with Crippen LogP contribution >= 0.6 is 10.8 Å². The van der Waals surface area contributed by atoms with Gasteiger partial charge in [-0.2, -0.15) is 0 Å². The fraction of sp³-hybridized carbons (Fsp3) is 0.607. The molecule has 1 aromatic heterocycles. The fourth-order valence-corrected chi connectivity index (χ4v) is 9.23. The number of benzene rings is 1. The van der Waals surface area contributed by atoms with Crippen LogP contribution in [-0.4, -0.2) is 83.5 Å². The predicted molar refractivity (Wildman–Crippen MR) is 146 cm³/mol. The summed E-state index contributed by atoms with van der Waals surface area (Å²) >= 11 is 0. The Labute approximate surface area is 224 Å². The Hall–Kier alpha value is -2.24. The van der Waals surface area contributed by atoms with Crippen molar-refractivity contribution < 1.29 is 24.4 Å². The molecule has 1 saturated heterocycles. The Balaban J connectivity index is 1.02. The number of rotatable bonds is 4. The summed E-state index contributed by atoms with van der Waals surface area (Å²) in [4.78, 5) is 5.20. The highest BCUT2D eigenvalue weighted by molar-refractivity contribution is 8.23. The third-order valence-corrected chi connectivity index (χ3v) is 11.3. The summed E-state index contributed by atoms with van der Waals surface area (Å²) < 4.78 is 27.0. The zero-order valence-electron chi connectivity index (χ0n) is 21.6. The van der Waals surface area contributed by atoms with Gasteiger partial charge in [-0.1, -0.05) is 35.8 Å². The molecule has 9 nitrogen and oxygen atoms in total. The van der Waals surface area contributed by atoms with Gasteiger partial charge in [0.05, 0.1) is 11.0 Å². The van der Waals surface area contributed by atoms with Crippen LogP contribution in [0.15, 0.2) is 33.6 Å². The monoisotopic (exact) mass is 542 g/mol. The van der Waals surface area contributed by atoms with E-state index in [0.717, 1.165) is 75.1 Å². The van der Waals surface area contributed by atoms with Crippen molar-refractivity contribution in [3.05, 3.63) is 41.0 Å². The summed E-state index contributed by atoms with van der Waals surface area (Å²) in [5.74, 6) is 1.83. The molecule has 7 rings (SSSR count). The molecule has 3 fully saturated rings. The number of hydrogen-bond acceptors (Lipinski definition) is 8. The van der Waals surface area contributed by atoms with Gasteiger partial charge in [0.15, 0.2) is 17.6 Å². The van der Waals surface area contributed by atoms with E-state index in [2.05, 4.69) is 14.2 Å². The lowest BCUT2D eigenvalue weighted by Gasteiger charge is -2.40. The lowest BCUT2D eigenvalue weighted by Crippen LogP contribution is -2.50. The Morgan fingerprint density at radius 1 is 0.816 bits per heavy atom. The molecular weight excluding hydrogens is 504 g/mol. The first-order chi connectivity index (χ1) is 18.3. The molecule has 3 unspecified atom stereocenters. The van der Waals surface area contributed by atoms with Gasteiger partial charge in [0.25, 0.3) is 0 Å². The average molecular weight is 543 g/mol. The van der Waals surface area contributed by atoms with Crippen molar-refractivity contribution in [2.24, 2.45) is 16.2 Å². The van der Waals surface area contributed by atoms with E-state index in [4.69, 9.17) is 0 Å². The molecule has 5 N–H and O–H groups in total. The summed E-state index contributed by atoms with van der Waals surface area (Å²) in [6.07, 6.45) is 5.92. The second-order valence-corrected chi connectivity index (χ2v) is 13.5. The largest absolute Gasteiger partial charge is 0.494 e. The molecule has 3 heterocycles. The SMILES string of the molecule is Oc1c2c(c(O)n1CC1CCCCC1CN1CCN(C3=NS(O)(O)c4ccccc43)CC1)[C@@H]1CC[C@H]2C1O. The van der Waals surface area contributed by atoms with Crippen LogP contribution in [0.5, 0.6) is 11.8 Å². The minimum Gasteiger partial charge on any atom is -0.494 e. The number of aromatic nitrogens is 1. The normalized spacial score (nSPS) is 32.8. The Kier molecular flexibility index (Phi) is 5.97. The maximum atomic E-state index is 11.1. The van der Waals surface area contributed by atoms with Crippen LogP contribution in [0.1, 0.15) is 67.1 Å². The van der Waals surface area contributed by atoms with Gasteiger partial charge in [0.1, 0.15) is 0 Å². The van der Waals surface area contributed by atoms with Crippen molar-refractivity contribution in [2.45, 2.75) is 67.9 Å². The first kappa shape index (κ1) is 24.8. The van der Waals surface area contributed by atoms with E-state index >= 15 is 0 Å². The molecule has 2 aliphatic heterocycles. The van der Waals surface area contributed by atoms with Crippen LogP contribution in [0, 0.1) is 11.8 Å². The number of nitrogens with zero attached hydrogens (tertiary/aromatic N) is 4. The zero-order valence-corrected chi connectivity index (χ0v) is 22.4. The third kappa shape index (κ3) is 3.79. The number of amidine groups is 1. The van der Waals surface area contributed by atoms with Crippen molar-refractivity contribution >= 4 is 16.6 Å². The van der Waals surface area contributed by atoms with Crippen LogP contribution in [-0.2, 0) is 6.54 Å². The molecule has 2 saturated carbocycles. The maximum absolute atomic E-state index is 11.1. The Morgan fingerprint density at radius 3 is 2.08 bits per heavy atom. The molecule has 10 heteroatoms.